The maximum absolute atomic E-state index is 12.5. The Morgan fingerprint density at radius 1 is 1.15 bits per heavy atom. The Morgan fingerprint density at radius 3 is 2.22 bits per heavy atom. The molecule has 2 aromatic rings. The number of nitrogens with zero attached hydrogens (tertiary/aromatic N) is 1. The van der Waals surface area contributed by atoms with Crippen molar-refractivity contribution in [1.29, 1.82) is 0 Å². The highest BCUT2D eigenvalue weighted by atomic mass is 16.6. The average Bonchev–Trinajstić information content (AvgIpc) is 2.91. The summed E-state index contributed by atoms with van der Waals surface area (Å²) in [5, 5.41) is 10.8. The molecule has 0 spiro atoms. The van der Waals surface area contributed by atoms with Crippen LogP contribution in [0.1, 0.15) is 48.4 Å². The van der Waals surface area contributed by atoms with Gasteiger partial charge in [-0.15, -0.1) is 0 Å². The highest BCUT2D eigenvalue weighted by Crippen LogP contribution is 2.35. The number of furan rings is 1. The van der Waals surface area contributed by atoms with E-state index in [4.69, 9.17) is 19.6 Å². The highest BCUT2D eigenvalue weighted by molar-refractivity contribution is 6.10. The molecule has 144 valence electrons. The number of esters is 2. The molecule has 0 atom stereocenters. The second kappa shape index (κ2) is 7.48. The number of nitrogens with two attached hydrogens (primary N) is 1. The van der Waals surface area contributed by atoms with E-state index < -0.39 is 22.5 Å². The summed E-state index contributed by atoms with van der Waals surface area (Å²) in [5.74, 6) is -1.98. The van der Waals surface area contributed by atoms with E-state index in [0.717, 1.165) is 0 Å². The number of anilines is 1. The number of hydrogen-bond acceptors (Lipinski definition) is 8. The Balaban J connectivity index is 2.61. The van der Waals surface area contributed by atoms with Crippen LogP contribution < -0.4 is 5.73 Å². The minimum atomic E-state index is -0.833. The van der Waals surface area contributed by atoms with Crippen LogP contribution in [0.5, 0.6) is 0 Å². The van der Waals surface area contributed by atoms with Crippen molar-refractivity contribution in [2.45, 2.75) is 33.3 Å². The summed E-state index contributed by atoms with van der Waals surface area (Å²) in [5.41, 5.74) is 4.78. The zero-order valence-electron chi connectivity index (χ0n) is 15.4. The second-order valence-corrected chi connectivity index (χ2v) is 6.57. The zero-order chi connectivity index (χ0) is 20.4. The number of ether oxygens (including phenoxy) is 2. The van der Waals surface area contributed by atoms with Gasteiger partial charge in [-0.05, 0) is 39.8 Å². The number of rotatable bonds is 5. The van der Waals surface area contributed by atoms with Crippen molar-refractivity contribution in [3.8, 4) is 11.3 Å². The molecule has 0 aliphatic heterocycles. The molecule has 0 fully saturated rings. The fourth-order valence-corrected chi connectivity index (χ4v) is 2.32. The topological polar surface area (TPSA) is 135 Å². The molecule has 2 rings (SSSR count). The third-order valence-electron chi connectivity index (χ3n) is 3.36. The predicted octanol–water partition coefficient (Wildman–Crippen LogP) is 3.57. The third-order valence-corrected chi connectivity index (χ3v) is 3.36. The summed E-state index contributed by atoms with van der Waals surface area (Å²) in [6.07, 6.45) is 0. The number of hydrogen-bond donors (Lipinski definition) is 1. The average molecular weight is 376 g/mol. The quantitative estimate of drug-likeness (QED) is 0.475. The molecule has 9 nitrogen and oxygen atoms in total. The number of carbonyl (C=O) groups excluding carboxylic acids is 2. The molecule has 0 radical (unpaired) electrons. The molecule has 0 unspecified atom stereocenters. The van der Waals surface area contributed by atoms with E-state index in [-0.39, 0.29) is 35.1 Å². The molecule has 0 aliphatic rings. The molecule has 0 aliphatic carbocycles. The summed E-state index contributed by atoms with van der Waals surface area (Å²) in [7, 11) is 0. The van der Waals surface area contributed by atoms with Crippen molar-refractivity contribution >= 4 is 23.5 Å². The van der Waals surface area contributed by atoms with E-state index in [9.17, 15) is 19.7 Å². The van der Waals surface area contributed by atoms with Gasteiger partial charge in [0.05, 0.1) is 11.5 Å². The molecule has 27 heavy (non-hydrogen) atoms. The van der Waals surface area contributed by atoms with Crippen molar-refractivity contribution in [2.75, 3.05) is 12.3 Å². The van der Waals surface area contributed by atoms with Gasteiger partial charge in [0.15, 0.2) is 5.76 Å². The van der Waals surface area contributed by atoms with E-state index in [1.807, 2.05) is 0 Å². The molecule has 1 heterocycles. The van der Waals surface area contributed by atoms with Crippen LogP contribution in [0.15, 0.2) is 28.7 Å². The monoisotopic (exact) mass is 376 g/mol. The van der Waals surface area contributed by atoms with Gasteiger partial charge < -0.3 is 19.6 Å². The summed E-state index contributed by atoms with van der Waals surface area (Å²) in [4.78, 5) is 35.3. The first-order valence-corrected chi connectivity index (χ1v) is 8.12. The SMILES string of the molecule is CCOC(=O)c1c(-c2ccc([N+](=O)[O-])cc2)oc(N)c1C(=O)OC(C)(C)C. The van der Waals surface area contributed by atoms with Crippen LogP contribution in [0.3, 0.4) is 0 Å². The van der Waals surface area contributed by atoms with Crippen molar-refractivity contribution in [2.24, 2.45) is 0 Å². The smallest absolute Gasteiger partial charge is 0.345 e. The lowest BCUT2D eigenvalue weighted by atomic mass is 10.0. The van der Waals surface area contributed by atoms with Crippen molar-refractivity contribution in [1.82, 2.24) is 0 Å². The van der Waals surface area contributed by atoms with Gasteiger partial charge in [-0.1, -0.05) is 0 Å². The van der Waals surface area contributed by atoms with Gasteiger partial charge in [-0.2, -0.15) is 0 Å². The molecule has 9 heteroatoms. The summed E-state index contributed by atoms with van der Waals surface area (Å²) in [6, 6.07) is 5.27. The zero-order valence-corrected chi connectivity index (χ0v) is 15.4. The molecular weight excluding hydrogens is 356 g/mol. The van der Waals surface area contributed by atoms with E-state index in [0.29, 0.717) is 5.56 Å². The van der Waals surface area contributed by atoms with Gasteiger partial charge in [-0.3, -0.25) is 10.1 Å². The molecule has 0 amide bonds. The Kier molecular flexibility index (Phi) is 5.53. The van der Waals surface area contributed by atoms with Gasteiger partial charge in [-0.25, -0.2) is 9.59 Å². The lowest BCUT2D eigenvalue weighted by Crippen LogP contribution is -2.25. The Bertz CT molecular complexity index is 876. The van der Waals surface area contributed by atoms with Crippen LogP contribution >= 0.6 is 0 Å². The molecule has 0 bridgehead atoms. The number of nitrogen functional groups attached to an aromatic ring is 1. The first-order chi connectivity index (χ1) is 12.5. The maximum atomic E-state index is 12.5. The Hall–Kier alpha value is -3.36. The molecule has 1 aromatic carbocycles. The fraction of sp³-hybridized carbons (Fsp3) is 0.333. The number of nitro groups is 1. The standard InChI is InChI=1S/C18H20N2O7/c1-5-25-16(21)12-13(17(22)27-18(2,3)4)15(19)26-14(12)10-6-8-11(9-7-10)20(23)24/h6-9H,5,19H2,1-4H3. The molecule has 0 saturated carbocycles. The number of benzene rings is 1. The lowest BCUT2D eigenvalue weighted by molar-refractivity contribution is -0.384. The largest absolute Gasteiger partial charge is 0.462 e. The fourth-order valence-electron chi connectivity index (χ4n) is 2.32. The Morgan fingerprint density at radius 2 is 1.74 bits per heavy atom. The van der Waals surface area contributed by atoms with Crippen molar-refractivity contribution < 1.29 is 28.4 Å². The highest BCUT2D eigenvalue weighted by Gasteiger charge is 2.33. The van der Waals surface area contributed by atoms with E-state index in [2.05, 4.69) is 0 Å². The number of nitro benzene ring substituents is 1. The predicted molar refractivity (Wildman–Crippen MR) is 96.3 cm³/mol. The van der Waals surface area contributed by atoms with Gasteiger partial charge in [0.1, 0.15) is 16.7 Å². The van der Waals surface area contributed by atoms with Crippen molar-refractivity contribution in [3.05, 3.63) is 45.5 Å². The minimum absolute atomic E-state index is 0.0262. The molecule has 2 N–H and O–H groups in total. The lowest BCUT2D eigenvalue weighted by Gasteiger charge is -2.19. The van der Waals surface area contributed by atoms with Crippen LogP contribution in [-0.2, 0) is 9.47 Å². The molecule has 1 aromatic heterocycles. The molecule has 0 saturated heterocycles. The first-order valence-electron chi connectivity index (χ1n) is 8.12. The van der Waals surface area contributed by atoms with Crippen LogP contribution in [0.2, 0.25) is 0 Å². The van der Waals surface area contributed by atoms with Gasteiger partial charge in [0, 0.05) is 17.7 Å². The van der Waals surface area contributed by atoms with Crippen LogP contribution in [-0.4, -0.2) is 29.1 Å². The maximum Gasteiger partial charge on any atom is 0.345 e. The number of non-ortho nitro benzene ring substituents is 1. The summed E-state index contributed by atoms with van der Waals surface area (Å²) in [6.45, 7) is 6.69. The van der Waals surface area contributed by atoms with E-state index in [1.165, 1.54) is 24.3 Å². The van der Waals surface area contributed by atoms with E-state index in [1.54, 1.807) is 27.7 Å². The minimum Gasteiger partial charge on any atom is -0.462 e. The normalized spacial score (nSPS) is 11.1. The second-order valence-electron chi connectivity index (χ2n) is 6.57. The van der Waals surface area contributed by atoms with Crippen molar-refractivity contribution in [3.63, 3.8) is 0 Å². The first kappa shape index (κ1) is 20.0. The van der Waals surface area contributed by atoms with Crippen LogP contribution in [0.25, 0.3) is 11.3 Å². The van der Waals surface area contributed by atoms with Gasteiger partial charge in [0.2, 0.25) is 5.88 Å². The van der Waals surface area contributed by atoms with Crippen LogP contribution in [0, 0.1) is 10.1 Å². The van der Waals surface area contributed by atoms with Crippen LogP contribution in [0.4, 0.5) is 11.6 Å². The van der Waals surface area contributed by atoms with Gasteiger partial charge >= 0.3 is 11.9 Å². The van der Waals surface area contributed by atoms with Gasteiger partial charge in [0.25, 0.3) is 5.69 Å². The molecular formula is C18H20N2O7. The summed E-state index contributed by atoms with van der Waals surface area (Å²) < 4.78 is 15.8. The Labute approximate surface area is 155 Å². The number of carbonyl (C=O) groups is 2. The third kappa shape index (κ3) is 4.43. The summed E-state index contributed by atoms with van der Waals surface area (Å²) >= 11 is 0. The van der Waals surface area contributed by atoms with E-state index >= 15 is 0 Å².